The fourth-order valence-corrected chi connectivity index (χ4v) is 5.35. The van der Waals surface area contributed by atoms with Gasteiger partial charge in [0.25, 0.3) is 5.91 Å². The summed E-state index contributed by atoms with van der Waals surface area (Å²) in [5.41, 5.74) is 5.46. The number of hydrazone groups is 1. The number of primary amides is 1. The number of nitrogens with two attached hydrogens (primary N) is 1. The topological polar surface area (TPSA) is 183 Å². The number of aromatic nitrogens is 2. The highest BCUT2D eigenvalue weighted by Crippen LogP contribution is 2.36. The van der Waals surface area contributed by atoms with Crippen LogP contribution >= 0.6 is 11.8 Å². The van der Waals surface area contributed by atoms with Gasteiger partial charge in [0.15, 0.2) is 17.0 Å². The van der Waals surface area contributed by atoms with E-state index in [-0.39, 0.29) is 37.6 Å². The van der Waals surface area contributed by atoms with Crippen LogP contribution in [0.3, 0.4) is 0 Å². The molecule has 15 heteroatoms. The maximum Gasteiger partial charge on any atom is 0.327 e. The Hall–Kier alpha value is -3.01. The largest absolute Gasteiger partial charge is 0.459 e. The molecule has 4 N–H and O–H groups in total. The van der Waals surface area contributed by atoms with Gasteiger partial charge in [-0.2, -0.15) is 5.10 Å². The van der Waals surface area contributed by atoms with Crippen LogP contribution in [0.2, 0.25) is 0 Å². The smallest absolute Gasteiger partial charge is 0.327 e. The number of amides is 1. The quantitative estimate of drug-likeness (QED) is 0.392. The number of aliphatic imine (C=N–C) groups is 1. The predicted octanol–water partition coefficient (Wildman–Crippen LogP) is -0.909. The number of aliphatic hydroxyl groups is 1. The first kappa shape index (κ1) is 24.7. The molecule has 1 aromatic rings. The van der Waals surface area contributed by atoms with Gasteiger partial charge in [0, 0.05) is 0 Å². The lowest BCUT2D eigenvalue weighted by molar-refractivity contribution is -0.156. The van der Waals surface area contributed by atoms with Crippen molar-refractivity contribution in [2.45, 2.75) is 62.2 Å². The number of rotatable bonds is 6. The Morgan fingerprint density at radius 2 is 1.97 bits per heavy atom. The van der Waals surface area contributed by atoms with Gasteiger partial charge < -0.3 is 35.1 Å². The number of nitrogens with zero attached hydrogens (tertiary/aromatic N) is 5. The fraction of sp³-hybridized carbons (Fsp3) is 0.619. The Morgan fingerprint density at radius 3 is 2.67 bits per heavy atom. The Bertz CT molecular complexity index is 1090. The van der Waals surface area contributed by atoms with Crippen molar-refractivity contribution in [3.05, 3.63) is 12.4 Å². The van der Waals surface area contributed by atoms with E-state index in [4.69, 9.17) is 24.7 Å². The molecule has 14 nitrogen and oxygen atoms in total. The van der Waals surface area contributed by atoms with Crippen LogP contribution in [0.25, 0.3) is 0 Å². The fourth-order valence-electron chi connectivity index (χ4n) is 4.21. The van der Waals surface area contributed by atoms with Crippen LogP contribution in [0, 0.1) is 0 Å². The first-order chi connectivity index (χ1) is 17.1. The van der Waals surface area contributed by atoms with Crippen LogP contribution in [0.15, 0.2) is 22.5 Å². The monoisotopic (exact) mass is 521 g/mol. The summed E-state index contributed by atoms with van der Waals surface area (Å²) in [6.07, 6.45) is 1.20. The molecule has 0 aromatic carbocycles. The first-order valence-corrected chi connectivity index (χ1v) is 12.2. The third kappa shape index (κ3) is 5.09. The van der Waals surface area contributed by atoms with Gasteiger partial charge in [-0.25, -0.2) is 15.0 Å². The SMILES string of the molecule is CC(C)(C)OC(=O)CN1N=C(C(N)=O)C2N=C(Nc3cnc(O[C@@H]4CO[C@H]5[C@@H]4OC[C@H]5O)nc3)SC21. The van der Waals surface area contributed by atoms with Crippen LogP contribution < -0.4 is 15.8 Å². The van der Waals surface area contributed by atoms with E-state index in [1.165, 1.54) is 29.2 Å². The van der Waals surface area contributed by atoms with Crippen LogP contribution in [0.4, 0.5) is 5.69 Å². The van der Waals surface area contributed by atoms with E-state index < -0.39 is 47.2 Å². The van der Waals surface area contributed by atoms with E-state index in [0.29, 0.717) is 10.9 Å². The Morgan fingerprint density at radius 1 is 1.25 bits per heavy atom. The number of nitrogens with one attached hydrogen (secondary N) is 1. The molecule has 0 radical (unpaired) electrons. The molecule has 2 saturated heterocycles. The lowest BCUT2D eigenvalue weighted by atomic mass is 10.1. The van der Waals surface area contributed by atoms with Gasteiger partial charge in [-0.1, -0.05) is 11.8 Å². The number of fused-ring (bicyclic) bond motifs is 2. The van der Waals surface area contributed by atoms with Crippen molar-refractivity contribution < 1.29 is 33.6 Å². The van der Waals surface area contributed by atoms with E-state index in [1.807, 2.05) is 0 Å². The van der Waals surface area contributed by atoms with E-state index in [1.54, 1.807) is 20.8 Å². The molecule has 0 bridgehead atoms. The lowest BCUT2D eigenvalue weighted by Gasteiger charge is -2.24. The zero-order chi connectivity index (χ0) is 25.6. The Kier molecular flexibility index (Phi) is 6.48. The molecule has 0 saturated carbocycles. The minimum Gasteiger partial charge on any atom is -0.459 e. The van der Waals surface area contributed by atoms with E-state index >= 15 is 0 Å². The number of hydrogen-bond acceptors (Lipinski definition) is 14. The molecule has 4 aliphatic heterocycles. The first-order valence-electron chi connectivity index (χ1n) is 11.4. The van der Waals surface area contributed by atoms with Gasteiger partial charge in [-0.3, -0.25) is 14.6 Å². The maximum atomic E-state index is 12.3. The number of hydrogen-bond donors (Lipinski definition) is 3. The Labute approximate surface area is 210 Å². The zero-order valence-corrected chi connectivity index (χ0v) is 20.7. The lowest BCUT2D eigenvalue weighted by Crippen LogP contribution is -2.38. The molecule has 0 spiro atoms. The molecule has 6 atom stereocenters. The summed E-state index contributed by atoms with van der Waals surface area (Å²) >= 11 is 1.30. The standard InChI is InChI=1S/C21H27N7O7S/c1-21(2,3)35-12(30)6-28-18-14(13(27-28)17(22)31)26-20(36-18)25-9-4-23-19(24-5-9)34-11-8-33-15-10(29)7-32-16(11)15/h4-5,10-11,14-16,18,29H,6-8H2,1-3H3,(H2,22,31)(H,25,26)/t10-,11-,14?,15-,16-,18?/m1/s1. The Balaban J connectivity index is 1.20. The van der Waals surface area contributed by atoms with Crippen molar-refractivity contribution in [3.8, 4) is 6.01 Å². The highest BCUT2D eigenvalue weighted by Gasteiger charge is 2.49. The summed E-state index contributed by atoms with van der Waals surface area (Å²) in [6.45, 7) is 5.65. The summed E-state index contributed by atoms with van der Waals surface area (Å²) in [4.78, 5) is 37.2. The number of thioether (sulfide) groups is 1. The molecular formula is C21H27N7O7S. The van der Waals surface area contributed by atoms with Gasteiger partial charge >= 0.3 is 12.0 Å². The molecule has 36 heavy (non-hydrogen) atoms. The highest BCUT2D eigenvalue weighted by molar-refractivity contribution is 8.15. The molecule has 1 aromatic heterocycles. The van der Waals surface area contributed by atoms with Crippen molar-refractivity contribution in [2.75, 3.05) is 25.1 Å². The molecule has 194 valence electrons. The molecular weight excluding hydrogens is 494 g/mol. The second-order valence-corrected chi connectivity index (χ2v) is 10.7. The van der Waals surface area contributed by atoms with Crippen molar-refractivity contribution >= 4 is 40.2 Å². The van der Waals surface area contributed by atoms with Crippen LogP contribution in [0.1, 0.15) is 20.8 Å². The molecule has 4 aliphatic rings. The van der Waals surface area contributed by atoms with Gasteiger partial charge in [-0.05, 0) is 20.8 Å². The molecule has 5 heterocycles. The van der Waals surface area contributed by atoms with Crippen molar-refractivity contribution in [2.24, 2.45) is 15.8 Å². The summed E-state index contributed by atoms with van der Waals surface area (Å²) in [5, 5.41) is 18.7. The normalized spacial score (nSPS) is 30.9. The molecule has 1 amide bonds. The summed E-state index contributed by atoms with van der Waals surface area (Å²) < 4.78 is 22.2. The maximum absolute atomic E-state index is 12.3. The number of esters is 1. The van der Waals surface area contributed by atoms with Crippen molar-refractivity contribution in [3.63, 3.8) is 0 Å². The predicted molar refractivity (Wildman–Crippen MR) is 127 cm³/mol. The van der Waals surface area contributed by atoms with E-state index in [0.717, 1.165) is 0 Å². The third-order valence-electron chi connectivity index (χ3n) is 5.65. The van der Waals surface area contributed by atoms with Gasteiger partial charge in [0.05, 0.1) is 31.3 Å². The molecule has 2 fully saturated rings. The zero-order valence-electron chi connectivity index (χ0n) is 19.9. The van der Waals surface area contributed by atoms with Crippen molar-refractivity contribution in [1.29, 1.82) is 0 Å². The number of carbonyl (C=O) groups is 2. The third-order valence-corrected chi connectivity index (χ3v) is 6.82. The average Bonchev–Trinajstić information content (AvgIpc) is 3.53. The number of anilines is 1. The average molecular weight is 522 g/mol. The minimum absolute atomic E-state index is 0.0733. The van der Waals surface area contributed by atoms with Crippen LogP contribution in [-0.4, -0.2) is 104 Å². The number of carbonyl (C=O) groups excluding carboxylic acids is 2. The minimum atomic E-state index is -0.705. The van der Waals surface area contributed by atoms with E-state index in [9.17, 15) is 14.7 Å². The molecule has 2 unspecified atom stereocenters. The second-order valence-electron chi connectivity index (χ2n) is 9.62. The van der Waals surface area contributed by atoms with Gasteiger partial charge in [0.2, 0.25) is 0 Å². The van der Waals surface area contributed by atoms with Crippen LogP contribution in [0.5, 0.6) is 6.01 Å². The number of amidine groups is 1. The number of ether oxygens (including phenoxy) is 4. The van der Waals surface area contributed by atoms with Gasteiger partial charge in [-0.15, -0.1) is 0 Å². The second kappa shape index (κ2) is 9.46. The number of aliphatic hydroxyl groups excluding tert-OH is 1. The molecule has 5 rings (SSSR count). The summed E-state index contributed by atoms with van der Waals surface area (Å²) in [7, 11) is 0. The van der Waals surface area contributed by atoms with E-state index in [2.05, 4.69) is 25.4 Å². The highest BCUT2D eigenvalue weighted by atomic mass is 32.2. The summed E-state index contributed by atoms with van der Waals surface area (Å²) in [5.74, 6) is -1.18. The molecule has 0 aliphatic carbocycles. The van der Waals surface area contributed by atoms with Crippen LogP contribution in [-0.2, 0) is 23.8 Å². The summed E-state index contributed by atoms with van der Waals surface area (Å²) in [6, 6.07) is -0.484. The van der Waals surface area contributed by atoms with Crippen molar-refractivity contribution in [1.82, 2.24) is 15.0 Å². The van der Waals surface area contributed by atoms with Gasteiger partial charge in [0.1, 0.15) is 41.9 Å².